The predicted molar refractivity (Wildman–Crippen MR) is 113 cm³/mol. The van der Waals surface area contributed by atoms with E-state index in [9.17, 15) is 13.6 Å². The number of anilines is 1. The molecule has 1 saturated carbocycles. The third-order valence-electron chi connectivity index (χ3n) is 6.63. The maximum atomic E-state index is 14.0. The van der Waals surface area contributed by atoms with Gasteiger partial charge < -0.3 is 4.90 Å². The zero-order chi connectivity index (χ0) is 21.5. The number of fused-ring (bicyclic) bond motifs is 1. The fourth-order valence-corrected chi connectivity index (χ4v) is 4.93. The average Bonchev–Trinajstić information content (AvgIpc) is 3.01. The summed E-state index contributed by atoms with van der Waals surface area (Å²) in [5.41, 5.74) is 2.16. The fourth-order valence-electron chi connectivity index (χ4n) is 4.93. The number of hydrogen-bond donors (Lipinski definition) is 0. The van der Waals surface area contributed by atoms with Crippen LogP contribution in [-0.2, 0) is 16.8 Å². The van der Waals surface area contributed by atoms with Gasteiger partial charge in [-0.1, -0.05) is 13.8 Å². The molecule has 30 heavy (non-hydrogen) atoms. The smallest absolute Gasteiger partial charge is 0.230 e. The minimum Gasteiger partial charge on any atom is -0.309 e. The van der Waals surface area contributed by atoms with Crippen LogP contribution in [0.2, 0.25) is 0 Å². The van der Waals surface area contributed by atoms with E-state index < -0.39 is 5.82 Å². The van der Waals surface area contributed by atoms with Crippen LogP contribution in [-0.4, -0.2) is 35.4 Å². The summed E-state index contributed by atoms with van der Waals surface area (Å²) < 4.78 is 27.4. The molecule has 1 amide bonds. The standard InChI is InChI=1S/C24H29F2N3O/c1-24(2)15-29(21-5-4-12-27-22(21)24)23(30)16-6-9-19(10-7-16)28(3)14-17-13-18(25)8-11-20(17)26/h4-5,8,11-13,16,19H,6-7,9-10,14-15H2,1-3H3/t16-,19-. The Bertz CT molecular complexity index is 938. The molecule has 0 radical (unpaired) electrons. The molecule has 1 fully saturated rings. The summed E-state index contributed by atoms with van der Waals surface area (Å²) in [6, 6.07) is 7.73. The molecule has 2 heterocycles. The molecule has 0 N–H and O–H groups in total. The van der Waals surface area contributed by atoms with Crippen molar-refractivity contribution >= 4 is 11.6 Å². The van der Waals surface area contributed by atoms with Crippen molar-refractivity contribution in [3.8, 4) is 0 Å². The highest BCUT2D eigenvalue weighted by atomic mass is 19.1. The van der Waals surface area contributed by atoms with Crippen LogP contribution in [0.15, 0.2) is 36.5 Å². The van der Waals surface area contributed by atoms with E-state index in [0.717, 1.165) is 43.1 Å². The van der Waals surface area contributed by atoms with Gasteiger partial charge in [-0.25, -0.2) is 8.78 Å². The first-order valence-corrected chi connectivity index (χ1v) is 10.7. The highest BCUT2D eigenvalue weighted by Crippen LogP contribution is 2.40. The van der Waals surface area contributed by atoms with Gasteiger partial charge in [0.15, 0.2) is 0 Å². The van der Waals surface area contributed by atoms with Crippen LogP contribution in [0.25, 0.3) is 0 Å². The summed E-state index contributed by atoms with van der Waals surface area (Å²) in [5.74, 6) is -0.608. The minimum absolute atomic E-state index is 0.00233. The molecule has 0 spiro atoms. The number of halogens is 2. The Hall–Kier alpha value is -2.34. The van der Waals surface area contributed by atoms with E-state index in [-0.39, 0.29) is 29.1 Å². The Morgan fingerprint density at radius 2 is 1.93 bits per heavy atom. The van der Waals surface area contributed by atoms with Gasteiger partial charge in [-0.3, -0.25) is 14.7 Å². The molecule has 1 aliphatic carbocycles. The van der Waals surface area contributed by atoms with E-state index in [2.05, 4.69) is 23.7 Å². The Morgan fingerprint density at radius 1 is 1.20 bits per heavy atom. The summed E-state index contributed by atoms with van der Waals surface area (Å²) in [5, 5.41) is 0. The van der Waals surface area contributed by atoms with Gasteiger partial charge in [0.25, 0.3) is 0 Å². The molecule has 6 heteroatoms. The Kier molecular flexibility index (Phi) is 5.62. The van der Waals surface area contributed by atoms with Gasteiger partial charge in [-0.15, -0.1) is 0 Å². The predicted octanol–water partition coefficient (Wildman–Crippen LogP) is 4.67. The summed E-state index contributed by atoms with van der Waals surface area (Å²) in [6.07, 6.45) is 5.16. The zero-order valence-electron chi connectivity index (χ0n) is 17.9. The summed E-state index contributed by atoms with van der Waals surface area (Å²) in [7, 11) is 1.95. The van der Waals surface area contributed by atoms with Gasteiger partial charge in [0.1, 0.15) is 11.6 Å². The lowest BCUT2D eigenvalue weighted by Crippen LogP contribution is -2.42. The van der Waals surface area contributed by atoms with Crippen LogP contribution in [0.3, 0.4) is 0 Å². The number of benzene rings is 1. The third kappa shape index (κ3) is 3.97. The molecule has 1 aromatic heterocycles. The van der Waals surface area contributed by atoms with E-state index in [1.807, 2.05) is 24.1 Å². The number of hydrogen-bond acceptors (Lipinski definition) is 3. The van der Waals surface area contributed by atoms with Crippen molar-refractivity contribution in [2.45, 2.75) is 57.5 Å². The molecule has 160 valence electrons. The Balaban J connectivity index is 1.38. The molecule has 0 saturated heterocycles. The average molecular weight is 414 g/mol. The first-order chi connectivity index (χ1) is 14.3. The molecule has 1 aromatic carbocycles. The number of pyridine rings is 1. The van der Waals surface area contributed by atoms with Gasteiger partial charge >= 0.3 is 0 Å². The van der Waals surface area contributed by atoms with Crippen LogP contribution in [0.5, 0.6) is 0 Å². The molecule has 1 aliphatic heterocycles. The summed E-state index contributed by atoms with van der Waals surface area (Å²) >= 11 is 0. The summed E-state index contributed by atoms with van der Waals surface area (Å²) in [6.45, 7) is 5.29. The van der Waals surface area contributed by atoms with Gasteiger partial charge in [-0.05, 0) is 63.1 Å². The normalized spacial score (nSPS) is 22.9. The Morgan fingerprint density at radius 3 is 2.67 bits per heavy atom. The van der Waals surface area contributed by atoms with Crippen molar-refractivity contribution in [2.24, 2.45) is 5.92 Å². The minimum atomic E-state index is -0.419. The quantitative estimate of drug-likeness (QED) is 0.731. The molecule has 4 rings (SSSR count). The number of carbonyl (C=O) groups is 1. The van der Waals surface area contributed by atoms with Crippen molar-refractivity contribution < 1.29 is 13.6 Å². The van der Waals surface area contributed by atoms with Crippen molar-refractivity contribution in [3.05, 3.63) is 59.4 Å². The number of aromatic nitrogens is 1. The van der Waals surface area contributed by atoms with Gasteiger partial charge in [-0.2, -0.15) is 0 Å². The number of rotatable bonds is 4. The maximum Gasteiger partial charge on any atom is 0.230 e. The van der Waals surface area contributed by atoms with Crippen molar-refractivity contribution in [1.82, 2.24) is 9.88 Å². The molecular formula is C24H29F2N3O. The second-order valence-corrected chi connectivity index (χ2v) is 9.34. The van der Waals surface area contributed by atoms with E-state index in [1.165, 1.54) is 12.1 Å². The summed E-state index contributed by atoms with van der Waals surface area (Å²) in [4.78, 5) is 21.8. The molecule has 0 bridgehead atoms. The number of carbonyl (C=O) groups excluding carboxylic acids is 1. The topological polar surface area (TPSA) is 36.4 Å². The first kappa shape index (κ1) is 20.9. The number of amides is 1. The SMILES string of the molecule is CN(Cc1cc(F)ccc1F)[C@H]1CC[C@H](C(=O)N2CC(C)(C)c3ncccc32)CC1. The molecular weight excluding hydrogens is 384 g/mol. The highest BCUT2D eigenvalue weighted by Gasteiger charge is 2.41. The molecule has 0 atom stereocenters. The van der Waals surface area contributed by atoms with E-state index in [4.69, 9.17) is 0 Å². The zero-order valence-corrected chi connectivity index (χ0v) is 17.9. The van der Waals surface area contributed by atoms with Crippen LogP contribution in [0.4, 0.5) is 14.5 Å². The largest absolute Gasteiger partial charge is 0.309 e. The lowest BCUT2D eigenvalue weighted by atomic mass is 9.84. The Labute approximate surface area is 176 Å². The maximum absolute atomic E-state index is 14.0. The highest BCUT2D eigenvalue weighted by molar-refractivity contribution is 5.97. The first-order valence-electron chi connectivity index (χ1n) is 10.7. The van der Waals surface area contributed by atoms with E-state index in [1.54, 1.807) is 6.20 Å². The van der Waals surface area contributed by atoms with Gasteiger partial charge in [0, 0.05) is 42.2 Å². The monoisotopic (exact) mass is 413 g/mol. The molecule has 2 aliphatic rings. The van der Waals surface area contributed by atoms with E-state index >= 15 is 0 Å². The van der Waals surface area contributed by atoms with Gasteiger partial charge in [0.05, 0.1) is 11.4 Å². The van der Waals surface area contributed by atoms with Gasteiger partial charge in [0.2, 0.25) is 5.91 Å². The third-order valence-corrected chi connectivity index (χ3v) is 6.63. The lowest BCUT2D eigenvalue weighted by Gasteiger charge is -2.35. The van der Waals surface area contributed by atoms with Crippen molar-refractivity contribution in [2.75, 3.05) is 18.5 Å². The lowest BCUT2D eigenvalue weighted by molar-refractivity contribution is -0.123. The van der Waals surface area contributed by atoms with Crippen LogP contribution in [0, 0.1) is 17.6 Å². The second kappa shape index (κ2) is 8.06. The van der Waals surface area contributed by atoms with Crippen LogP contribution >= 0.6 is 0 Å². The van der Waals surface area contributed by atoms with Crippen LogP contribution in [0.1, 0.15) is 50.8 Å². The fraction of sp³-hybridized carbons (Fsp3) is 0.500. The van der Waals surface area contributed by atoms with E-state index in [0.29, 0.717) is 18.7 Å². The molecule has 4 nitrogen and oxygen atoms in total. The molecule has 0 unspecified atom stereocenters. The number of nitrogens with zero attached hydrogens (tertiary/aromatic N) is 3. The van der Waals surface area contributed by atoms with Crippen LogP contribution < -0.4 is 4.90 Å². The molecule has 2 aromatic rings. The van der Waals surface area contributed by atoms with Crippen molar-refractivity contribution in [3.63, 3.8) is 0 Å². The van der Waals surface area contributed by atoms with Crippen molar-refractivity contribution in [1.29, 1.82) is 0 Å². The second-order valence-electron chi connectivity index (χ2n) is 9.34.